The summed E-state index contributed by atoms with van der Waals surface area (Å²) in [5.41, 5.74) is 8.40. The largest absolute Gasteiger partial charge is 0.339 e. The third kappa shape index (κ3) is 4.09. The Labute approximate surface area is 138 Å². The van der Waals surface area contributed by atoms with E-state index in [1.54, 1.807) is 0 Å². The molecule has 0 spiro atoms. The number of hydrogen-bond donors (Lipinski definition) is 1. The molecule has 2 N–H and O–H groups in total. The molecule has 3 heterocycles. The van der Waals surface area contributed by atoms with Gasteiger partial charge in [-0.25, -0.2) is 9.97 Å². The molecule has 20 heavy (non-hydrogen) atoms. The van der Waals surface area contributed by atoms with Crippen LogP contribution in [0.15, 0.2) is 6.20 Å². The Kier molecular flexibility index (Phi) is 8.06. The third-order valence-corrected chi connectivity index (χ3v) is 3.62. The predicted molar refractivity (Wildman–Crippen MR) is 88.6 cm³/mol. The van der Waals surface area contributed by atoms with Crippen LogP contribution in [0.4, 0.5) is 5.95 Å². The molecule has 0 aliphatic carbocycles. The van der Waals surface area contributed by atoms with Gasteiger partial charge in [-0.15, -0.1) is 37.2 Å². The number of nitrogens with two attached hydrogens (primary N) is 1. The van der Waals surface area contributed by atoms with Crippen LogP contribution in [0.1, 0.15) is 17.7 Å². The lowest BCUT2D eigenvalue weighted by Crippen LogP contribution is -2.30. The van der Waals surface area contributed by atoms with Gasteiger partial charge in [0.05, 0.1) is 5.69 Å². The van der Waals surface area contributed by atoms with E-state index in [4.69, 9.17) is 10.7 Å². The second kappa shape index (κ2) is 8.20. The van der Waals surface area contributed by atoms with E-state index >= 15 is 0 Å². The lowest BCUT2D eigenvalue weighted by atomic mass is 10.1. The number of rotatable bonds is 1. The van der Waals surface area contributed by atoms with Crippen molar-refractivity contribution in [2.45, 2.75) is 25.4 Å². The molecular formula is C12H22Cl3N5. The minimum Gasteiger partial charge on any atom is -0.339 e. The van der Waals surface area contributed by atoms with Crippen molar-refractivity contribution in [1.82, 2.24) is 14.9 Å². The molecule has 0 saturated carbocycles. The fourth-order valence-corrected chi connectivity index (χ4v) is 2.57. The summed E-state index contributed by atoms with van der Waals surface area (Å²) in [5.74, 6) is 0.862. The zero-order valence-corrected chi connectivity index (χ0v) is 13.9. The van der Waals surface area contributed by atoms with Gasteiger partial charge in [-0.2, -0.15) is 0 Å². The molecule has 0 bridgehead atoms. The molecule has 1 aromatic heterocycles. The fourth-order valence-electron chi connectivity index (χ4n) is 2.57. The van der Waals surface area contributed by atoms with Gasteiger partial charge in [0, 0.05) is 50.4 Å². The van der Waals surface area contributed by atoms with E-state index in [1.165, 1.54) is 11.3 Å². The summed E-state index contributed by atoms with van der Waals surface area (Å²) in [5, 5.41) is 0. The molecule has 0 radical (unpaired) electrons. The number of anilines is 1. The van der Waals surface area contributed by atoms with Gasteiger partial charge in [0.25, 0.3) is 0 Å². The second-order valence-electron chi connectivity index (χ2n) is 5.12. The van der Waals surface area contributed by atoms with Crippen LogP contribution in [0.25, 0.3) is 0 Å². The number of fused-ring (bicyclic) bond motifs is 1. The van der Waals surface area contributed by atoms with Crippen molar-refractivity contribution in [2.75, 3.05) is 31.6 Å². The first kappa shape index (κ1) is 19.7. The van der Waals surface area contributed by atoms with E-state index < -0.39 is 0 Å². The summed E-state index contributed by atoms with van der Waals surface area (Å²) in [7, 11) is 2.14. The lowest BCUT2D eigenvalue weighted by molar-refractivity contribution is 0.309. The maximum atomic E-state index is 5.91. The number of nitrogens with zero attached hydrogens (tertiary/aromatic N) is 4. The average Bonchev–Trinajstić information content (AvgIpc) is 2.75. The van der Waals surface area contributed by atoms with E-state index in [2.05, 4.69) is 21.8 Å². The topological polar surface area (TPSA) is 58.3 Å². The molecule has 0 amide bonds. The van der Waals surface area contributed by atoms with Crippen LogP contribution in [-0.2, 0) is 13.0 Å². The number of hydrogen-bond acceptors (Lipinski definition) is 5. The molecule has 8 heteroatoms. The van der Waals surface area contributed by atoms with Gasteiger partial charge in [-0.05, 0) is 13.5 Å². The SMILES string of the molecule is CN1CCc2nc(N3CCC(N)C3)ncc2C1.Cl.Cl.Cl. The number of likely N-dealkylation sites (N-methyl/N-ethyl adjacent to an activating group) is 1. The molecule has 2 aliphatic heterocycles. The highest BCUT2D eigenvalue weighted by molar-refractivity contribution is 5.86. The highest BCUT2D eigenvalue weighted by atomic mass is 35.5. The normalized spacial score (nSPS) is 21.3. The molecule has 5 nitrogen and oxygen atoms in total. The Morgan fingerprint density at radius 2 is 2.00 bits per heavy atom. The summed E-state index contributed by atoms with van der Waals surface area (Å²) in [6.45, 7) is 3.93. The molecule has 0 aromatic carbocycles. The Balaban J connectivity index is 0.00000120. The first-order chi connectivity index (χ1) is 8.22. The van der Waals surface area contributed by atoms with Gasteiger partial charge in [0.2, 0.25) is 5.95 Å². The number of aromatic nitrogens is 2. The van der Waals surface area contributed by atoms with Gasteiger partial charge >= 0.3 is 0 Å². The van der Waals surface area contributed by atoms with Gasteiger partial charge in [0.1, 0.15) is 0 Å². The third-order valence-electron chi connectivity index (χ3n) is 3.62. The van der Waals surface area contributed by atoms with Crippen molar-refractivity contribution in [2.24, 2.45) is 5.73 Å². The van der Waals surface area contributed by atoms with Crippen LogP contribution in [0.2, 0.25) is 0 Å². The van der Waals surface area contributed by atoms with Crippen molar-refractivity contribution in [1.29, 1.82) is 0 Å². The molecule has 3 rings (SSSR count). The molecular weight excluding hydrogens is 321 g/mol. The molecule has 1 fully saturated rings. The smallest absolute Gasteiger partial charge is 0.225 e. The van der Waals surface area contributed by atoms with E-state index in [9.17, 15) is 0 Å². The average molecular weight is 343 g/mol. The van der Waals surface area contributed by atoms with Gasteiger partial charge in [-0.3, -0.25) is 0 Å². The van der Waals surface area contributed by atoms with Crippen molar-refractivity contribution in [3.63, 3.8) is 0 Å². The quantitative estimate of drug-likeness (QED) is 0.833. The minimum atomic E-state index is 0. The summed E-state index contributed by atoms with van der Waals surface area (Å²) < 4.78 is 0. The van der Waals surface area contributed by atoms with Gasteiger partial charge < -0.3 is 15.5 Å². The van der Waals surface area contributed by atoms with Crippen LogP contribution in [0.3, 0.4) is 0 Å². The van der Waals surface area contributed by atoms with Gasteiger partial charge in [0.15, 0.2) is 0 Å². The van der Waals surface area contributed by atoms with E-state index in [0.717, 1.165) is 45.0 Å². The van der Waals surface area contributed by atoms with E-state index in [0.29, 0.717) is 0 Å². The maximum absolute atomic E-state index is 5.91. The second-order valence-corrected chi connectivity index (χ2v) is 5.12. The maximum Gasteiger partial charge on any atom is 0.225 e. The fraction of sp³-hybridized carbons (Fsp3) is 0.667. The first-order valence-electron chi connectivity index (χ1n) is 6.26. The summed E-state index contributed by atoms with van der Waals surface area (Å²) >= 11 is 0. The Hall–Kier alpha value is -0.330. The molecule has 2 aliphatic rings. The van der Waals surface area contributed by atoms with Gasteiger partial charge in [-0.1, -0.05) is 0 Å². The summed E-state index contributed by atoms with van der Waals surface area (Å²) in [6, 6.07) is 0.278. The van der Waals surface area contributed by atoms with Crippen LogP contribution in [-0.4, -0.2) is 47.6 Å². The van der Waals surface area contributed by atoms with Crippen molar-refractivity contribution < 1.29 is 0 Å². The highest BCUT2D eigenvalue weighted by Crippen LogP contribution is 2.20. The van der Waals surface area contributed by atoms with Crippen LogP contribution >= 0.6 is 37.2 Å². The van der Waals surface area contributed by atoms with Crippen molar-refractivity contribution in [3.05, 3.63) is 17.5 Å². The van der Waals surface area contributed by atoms with Crippen LogP contribution < -0.4 is 10.6 Å². The van der Waals surface area contributed by atoms with Crippen LogP contribution in [0.5, 0.6) is 0 Å². The lowest BCUT2D eigenvalue weighted by Gasteiger charge is -2.25. The molecule has 116 valence electrons. The molecule has 1 aromatic rings. The molecule has 1 saturated heterocycles. The Morgan fingerprint density at radius 1 is 1.25 bits per heavy atom. The minimum absolute atomic E-state index is 0. The Morgan fingerprint density at radius 3 is 2.65 bits per heavy atom. The zero-order valence-electron chi connectivity index (χ0n) is 11.5. The predicted octanol–water partition coefficient (Wildman–Crippen LogP) is 1.27. The van der Waals surface area contributed by atoms with Crippen LogP contribution in [0, 0.1) is 0 Å². The summed E-state index contributed by atoms with van der Waals surface area (Å²) in [4.78, 5) is 13.7. The molecule has 1 unspecified atom stereocenters. The monoisotopic (exact) mass is 341 g/mol. The number of halogens is 3. The first-order valence-corrected chi connectivity index (χ1v) is 6.26. The Bertz CT molecular complexity index is 432. The van der Waals surface area contributed by atoms with E-state index in [1.807, 2.05) is 6.20 Å². The standard InChI is InChI=1S/C12H19N5.3ClH/c1-16-4-3-11-9(7-16)6-14-12(15-11)17-5-2-10(13)8-17;;;/h6,10H,2-5,7-8,13H2,1H3;3*1H. The highest BCUT2D eigenvalue weighted by Gasteiger charge is 2.23. The molecule has 1 atom stereocenters. The zero-order chi connectivity index (χ0) is 11.8. The summed E-state index contributed by atoms with van der Waals surface area (Å²) in [6.07, 6.45) is 4.06. The van der Waals surface area contributed by atoms with Crippen molar-refractivity contribution in [3.8, 4) is 0 Å². The van der Waals surface area contributed by atoms with E-state index in [-0.39, 0.29) is 43.3 Å². The van der Waals surface area contributed by atoms with Crippen molar-refractivity contribution >= 4 is 43.2 Å².